The molecule has 0 aliphatic heterocycles. The van der Waals surface area contributed by atoms with E-state index < -0.39 is 17.7 Å². The second-order valence-electron chi connectivity index (χ2n) is 6.66. The smallest absolute Gasteiger partial charge is 0.217 e. The second kappa shape index (κ2) is 7.75. The molecule has 0 aliphatic rings. The van der Waals surface area contributed by atoms with E-state index in [4.69, 9.17) is 0 Å². The van der Waals surface area contributed by atoms with Crippen molar-refractivity contribution >= 4 is 17.1 Å². The van der Waals surface area contributed by atoms with E-state index in [2.05, 4.69) is 25.3 Å². The zero-order valence-corrected chi connectivity index (χ0v) is 15.5. The van der Waals surface area contributed by atoms with Crippen LogP contribution >= 0.6 is 0 Å². The lowest BCUT2D eigenvalue weighted by molar-refractivity contribution is -0.119. The molecule has 2 N–H and O–H groups in total. The molecule has 3 heterocycles. The molecule has 4 rings (SSSR count). The first-order valence-electron chi connectivity index (χ1n) is 8.96. The molecule has 8 heteroatoms. The Morgan fingerprint density at radius 3 is 2.62 bits per heavy atom. The number of halogens is 2. The van der Waals surface area contributed by atoms with Crippen LogP contribution in [-0.2, 0) is 11.2 Å². The van der Waals surface area contributed by atoms with Gasteiger partial charge in [0.05, 0.1) is 6.04 Å². The predicted octanol–water partition coefficient (Wildman–Crippen LogP) is 3.72. The van der Waals surface area contributed by atoms with Gasteiger partial charge in [-0.15, -0.1) is 0 Å². The van der Waals surface area contributed by atoms with E-state index in [0.717, 1.165) is 23.3 Å². The third kappa shape index (κ3) is 4.11. The zero-order chi connectivity index (χ0) is 20.4. The Morgan fingerprint density at radius 2 is 1.90 bits per heavy atom. The number of carbonyl (C=O) groups excluding carboxylic acids is 1. The van der Waals surface area contributed by atoms with Gasteiger partial charge in [0.15, 0.2) is 17.3 Å². The molecule has 1 aromatic carbocycles. The van der Waals surface area contributed by atoms with E-state index >= 15 is 0 Å². The number of rotatable bonds is 5. The molecule has 1 atom stereocenters. The number of carbonyl (C=O) groups is 1. The van der Waals surface area contributed by atoms with Gasteiger partial charge in [-0.1, -0.05) is 6.07 Å². The molecule has 0 saturated carbocycles. The van der Waals surface area contributed by atoms with Crippen LogP contribution in [0.5, 0.6) is 0 Å². The molecular formula is C21H17F2N5O. The number of aromatic nitrogens is 4. The van der Waals surface area contributed by atoms with Crippen molar-refractivity contribution in [3.63, 3.8) is 0 Å². The lowest BCUT2D eigenvalue weighted by atomic mass is 10.0. The Balaban J connectivity index is 1.68. The molecule has 1 unspecified atom stereocenters. The number of benzene rings is 1. The Morgan fingerprint density at radius 1 is 1.10 bits per heavy atom. The van der Waals surface area contributed by atoms with E-state index in [0.29, 0.717) is 22.6 Å². The third-order valence-electron chi connectivity index (χ3n) is 4.50. The molecule has 146 valence electrons. The summed E-state index contributed by atoms with van der Waals surface area (Å²) in [5.41, 5.74) is 3.58. The summed E-state index contributed by atoms with van der Waals surface area (Å²) in [5, 5.41) is 2.80. The first kappa shape index (κ1) is 18.7. The maximum absolute atomic E-state index is 13.6. The van der Waals surface area contributed by atoms with Crippen LogP contribution in [0.3, 0.4) is 0 Å². The van der Waals surface area contributed by atoms with Gasteiger partial charge in [-0.3, -0.25) is 9.78 Å². The average Bonchev–Trinajstić information content (AvgIpc) is 3.14. The van der Waals surface area contributed by atoms with Gasteiger partial charge >= 0.3 is 0 Å². The van der Waals surface area contributed by atoms with Crippen LogP contribution in [0.2, 0.25) is 0 Å². The van der Waals surface area contributed by atoms with Crippen LogP contribution in [0.25, 0.3) is 22.3 Å². The molecular weight excluding hydrogens is 376 g/mol. The minimum atomic E-state index is -0.933. The number of H-pyrrole nitrogens is 1. The Labute approximate surface area is 165 Å². The monoisotopic (exact) mass is 393 g/mol. The standard InChI is InChI=1S/C21H17F2N5O/c1-12(29)26-18(9-13-2-3-16(22)17(23)8-13)21-27-19-10-15(11-25-20(19)28-21)14-4-6-24-7-5-14/h2-8,10-11,18H,9H2,1H3,(H,26,29)(H,25,27,28). The summed E-state index contributed by atoms with van der Waals surface area (Å²) < 4.78 is 26.8. The average molecular weight is 393 g/mol. The van der Waals surface area contributed by atoms with E-state index in [1.54, 1.807) is 18.6 Å². The van der Waals surface area contributed by atoms with Gasteiger partial charge in [0.25, 0.3) is 0 Å². The SMILES string of the molecule is CC(=O)NC(Cc1ccc(F)c(F)c1)c1nc2cc(-c3ccncc3)cnc2[nH]1. The molecule has 0 bridgehead atoms. The fourth-order valence-corrected chi connectivity index (χ4v) is 3.14. The van der Waals surface area contributed by atoms with Crippen LogP contribution in [0.4, 0.5) is 8.78 Å². The summed E-state index contributed by atoms with van der Waals surface area (Å²) >= 11 is 0. The van der Waals surface area contributed by atoms with Gasteiger partial charge in [-0.05, 0) is 47.9 Å². The number of pyridine rings is 2. The van der Waals surface area contributed by atoms with Gasteiger partial charge < -0.3 is 10.3 Å². The van der Waals surface area contributed by atoms with Crippen molar-refractivity contribution in [2.45, 2.75) is 19.4 Å². The van der Waals surface area contributed by atoms with Gasteiger partial charge in [0, 0.05) is 31.1 Å². The highest BCUT2D eigenvalue weighted by atomic mass is 19.2. The highest BCUT2D eigenvalue weighted by Crippen LogP contribution is 2.24. The molecule has 0 saturated heterocycles. The summed E-state index contributed by atoms with van der Waals surface area (Å²) in [6.45, 7) is 1.39. The van der Waals surface area contributed by atoms with Crippen LogP contribution < -0.4 is 5.32 Å². The van der Waals surface area contributed by atoms with E-state index in [9.17, 15) is 13.6 Å². The van der Waals surface area contributed by atoms with Crippen LogP contribution in [0.1, 0.15) is 24.4 Å². The zero-order valence-electron chi connectivity index (χ0n) is 15.5. The van der Waals surface area contributed by atoms with Gasteiger partial charge in [-0.2, -0.15) is 0 Å². The van der Waals surface area contributed by atoms with Crippen molar-refractivity contribution in [2.24, 2.45) is 0 Å². The topological polar surface area (TPSA) is 83.6 Å². The number of nitrogens with zero attached hydrogens (tertiary/aromatic N) is 3. The number of nitrogens with one attached hydrogen (secondary N) is 2. The molecule has 3 aromatic heterocycles. The molecule has 0 spiro atoms. The Bertz CT molecular complexity index is 1180. The molecule has 6 nitrogen and oxygen atoms in total. The number of aromatic amines is 1. The largest absolute Gasteiger partial charge is 0.346 e. The number of imidazole rings is 1. The quantitative estimate of drug-likeness (QED) is 0.541. The lowest BCUT2D eigenvalue weighted by Gasteiger charge is -2.15. The Kier molecular flexibility index (Phi) is 4.99. The highest BCUT2D eigenvalue weighted by molar-refractivity contribution is 5.78. The maximum atomic E-state index is 13.6. The van der Waals surface area contributed by atoms with Crippen molar-refractivity contribution in [1.29, 1.82) is 0 Å². The molecule has 0 fully saturated rings. The molecule has 1 amide bonds. The number of fused-ring (bicyclic) bond motifs is 1. The third-order valence-corrected chi connectivity index (χ3v) is 4.50. The first-order valence-corrected chi connectivity index (χ1v) is 8.96. The predicted molar refractivity (Wildman–Crippen MR) is 104 cm³/mol. The van der Waals surface area contributed by atoms with Crippen molar-refractivity contribution in [3.05, 3.63) is 78.0 Å². The summed E-state index contributed by atoms with van der Waals surface area (Å²) in [7, 11) is 0. The fourth-order valence-electron chi connectivity index (χ4n) is 3.14. The van der Waals surface area contributed by atoms with Crippen LogP contribution in [0.15, 0.2) is 55.0 Å². The van der Waals surface area contributed by atoms with Crippen LogP contribution in [0, 0.1) is 11.6 Å². The Hall–Kier alpha value is -3.68. The van der Waals surface area contributed by atoms with Gasteiger partial charge in [0.2, 0.25) is 5.91 Å². The van der Waals surface area contributed by atoms with Gasteiger partial charge in [-0.25, -0.2) is 18.7 Å². The maximum Gasteiger partial charge on any atom is 0.217 e. The van der Waals surface area contributed by atoms with E-state index in [1.807, 2.05) is 18.2 Å². The van der Waals surface area contributed by atoms with Gasteiger partial charge in [0.1, 0.15) is 11.3 Å². The molecule has 29 heavy (non-hydrogen) atoms. The minimum Gasteiger partial charge on any atom is -0.346 e. The summed E-state index contributed by atoms with van der Waals surface area (Å²) in [6, 6.07) is 8.76. The summed E-state index contributed by atoms with van der Waals surface area (Å²) in [5.74, 6) is -1.62. The normalized spacial score (nSPS) is 12.1. The first-order chi connectivity index (χ1) is 14.0. The minimum absolute atomic E-state index is 0.244. The van der Waals surface area contributed by atoms with E-state index in [1.165, 1.54) is 13.0 Å². The van der Waals surface area contributed by atoms with E-state index in [-0.39, 0.29) is 12.3 Å². The number of hydrogen-bond acceptors (Lipinski definition) is 4. The van der Waals surface area contributed by atoms with Crippen molar-refractivity contribution in [1.82, 2.24) is 25.3 Å². The molecule has 0 radical (unpaired) electrons. The summed E-state index contributed by atoms with van der Waals surface area (Å²) in [4.78, 5) is 27.8. The fraction of sp³-hybridized carbons (Fsp3) is 0.143. The molecule has 4 aromatic rings. The van der Waals surface area contributed by atoms with Crippen molar-refractivity contribution < 1.29 is 13.6 Å². The molecule has 0 aliphatic carbocycles. The second-order valence-corrected chi connectivity index (χ2v) is 6.66. The number of hydrogen-bond donors (Lipinski definition) is 2. The van der Waals surface area contributed by atoms with Crippen molar-refractivity contribution in [3.8, 4) is 11.1 Å². The van der Waals surface area contributed by atoms with Crippen LogP contribution in [-0.4, -0.2) is 25.8 Å². The van der Waals surface area contributed by atoms with Crippen molar-refractivity contribution in [2.75, 3.05) is 0 Å². The highest BCUT2D eigenvalue weighted by Gasteiger charge is 2.19. The number of amides is 1. The summed E-state index contributed by atoms with van der Waals surface area (Å²) in [6.07, 6.45) is 5.37. The lowest BCUT2D eigenvalue weighted by Crippen LogP contribution is -2.28.